The van der Waals surface area contributed by atoms with E-state index in [2.05, 4.69) is 5.32 Å². The Bertz CT molecular complexity index is 251. The van der Waals surface area contributed by atoms with Gasteiger partial charge in [0.15, 0.2) is 0 Å². The van der Waals surface area contributed by atoms with Crippen molar-refractivity contribution in [2.24, 2.45) is 0 Å². The van der Waals surface area contributed by atoms with Crippen LogP contribution >= 0.6 is 12.4 Å². The number of carbonyl (C=O) groups excluding carboxylic acids is 1. The van der Waals surface area contributed by atoms with E-state index >= 15 is 0 Å². The molecule has 2 heterocycles. The van der Waals surface area contributed by atoms with Crippen molar-refractivity contribution in [2.45, 2.75) is 50.7 Å². The number of piperidine rings is 1. The van der Waals surface area contributed by atoms with Crippen LogP contribution in [0.25, 0.3) is 0 Å². The van der Waals surface area contributed by atoms with Gasteiger partial charge in [-0.05, 0) is 45.2 Å². The molecule has 1 atom stereocenters. The van der Waals surface area contributed by atoms with Gasteiger partial charge >= 0.3 is 0 Å². The largest absolute Gasteiger partial charge is 0.378 e. The lowest BCUT2D eigenvalue weighted by Crippen LogP contribution is -2.44. The van der Waals surface area contributed by atoms with Crippen molar-refractivity contribution in [2.75, 3.05) is 26.7 Å². The minimum absolute atomic E-state index is 0. The number of hydrogen-bond donors (Lipinski definition) is 1. The van der Waals surface area contributed by atoms with Gasteiger partial charge in [0.2, 0.25) is 5.91 Å². The number of amides is 1. The predicted octanol–water partition coefficient (Wildman–Crippen LogP) is 1.58. The normalized spacial score (nSPS) is 24.6. The van der Waals surface area contributed by atoms with Crippen molar-refractivity contribution in [3.63, 3.8) is 0 Å². The Balaban J connectivity index is 0.00000162. The summed E-state index contributed by atoms with van der Waals surface area (Å²) >= 11 is 0. The fourth-order valence-corrected chi connectivity index (χ4v) is 2.73. The summed E-state index contributed by atoms with van der Waals surface area (Å²) in [6.45, 7) is 2.95. The predicted molar refractivity (Wildman–Crippen MR) is 74.1 cm³/mol. The number of nitrogens with zero attached hydrogens (tertiary/aromatic N) is 1. The van der Waals surface area contributed by atoms with Crippen molar-refractivity contribution < 1.29 is 9.53 Å². The number of hydrogen-bond acceptors (Lipinski definition) is 3. The third kappa shape index (κ3) is 4.41. The highest BCUT2D eigenvalue weighted by atomic mass is 35.5. The molecule has 18 heavy (non-hydrogen) atoms. The molecule has 2 rings (SSSR count). The van der Waals surface area contributed by atoms with Gasteiger partial charge in [-0.1, -0.05) is 0 Å². The Hall–Kier alpha value is -0.320. The monoisotopic (exact) mass is 276 g/mol. The third-order valence-electron chi connectivity index (χ3n) is 3.95. The van der Waals surface area contributed by atoms with Gasteiger partial charge in [0, 0.05) is 26.1 Å². The first-order valence-corrected chi connectivity index (χ1v) is 6.85. The molecule has 4 nitrogen and oxygen atoms in total. The second-order valence-electron chi connectivity index (χ2n) is 5.16. The van der Waals surface area contributed by atoms with Gasteiger partial charge < -0.3 is 15.0 Å². The molecule has 106 valence electrons. The highest BCUT2D eigenvalue weighted by molar-refractivity contribution is 5.85. The summed E-state index contributed by atoms with van der Waals surface area (Å²) in [6.07, 6.45) is 6.33. The van der Waals surface area contributed by atoms with E-state index in [4.69, 9.17) is 4.74 Å². The zero-order valence-corrected chi connectivity index (χ0v) is 12.0. The fourth-order valence-electron chi connectivity index (χ4n) is 2.73. The molecular formula is C13H25ClN2O2. The summed E-state index contributed by atoms with van der Waals surface area (Å²) < 4.78 is 5.55. The molecule has 0 bridgehead atoms. The van der Waals surface area contributed by atoms with Gasteiger partial charge in [-0.2, -0.15) is 0 Å². The van der Waals surface area contributed by atoms with Crippen LogP contribution in [0.5, 0.6) is 0 Å². The zero-order chi connectivity index (χ0) is 12.1. The molecule has 0 aromatic rings. The van der Waals surface area contributed by atoms with E-state index in [0.29, 0.717) is 18.6 Å². The molecule has 1 N–H and O–H groups in total. The summed E-state index contributed by atoms with van der Waals surface area (Å²) in [4.78, 5) is 14.0. The second-order valence-corrected chi connectivity index (χ2v) is 5.16. The number of nitrogens with one attached hydrogen (secondary N) is 1. The first-order chi connectivity index (χ1) is 8.27. The molecule has 5 heteroatoms. The standard InChI is InChI=1S/C13H24N2O2.ClH/c1-15(11-6-8-14-9-7-11)13(16)5-4-12-3-2-10-17-12;/h11-12,14H,2-10H2,1H3;1H. The number of halogens is 1. The Morgan fingerprint density at radius 3 is 2.67 bits per heavy atom. The topological polar surface area (TPSA) is 41.6 Å². The highest BCUT2D eigenvalue weighted by Gasteiger charge is 2.23. The SMILES string of the molecule is CN(C(=O)CCC1CCCO1)C1CCNCC1.Cl. The molecule has 0 aromatic heterocycles. The maximum atomic E-state index is 12.0. The first-order valence-electron chi connectivity index (χ1n) is 6.85. The summed E-state index contributed by atoms with van der Waals surface area (Å²) in [7, 11) is 1.95. The molecular weight excluding hydrogens is 252 g/mol. The van der Waals surface area contributed by atoms with E-state index < -0.39 is 0 Å². The van der Waals surface area contributed by atoms with Gasteiger partial charge in [-0.3, -0.25) is 4.79 Å². The minimum atomic E-state index is 0. The van der Waals surface area contributed by atoms with Crippen LogP contribution in [0.1, 0.15) is 38.5 Å². The molecule has 2 aliphatic heterocycles. The molecule has 2 fully saturated rings. The van der Waals surface area contributed by atoms with Crippen LogP contribution < -0.4 is 5.32 Å². The summed E-state index contributed by atoms with van der Waals surface area (Å²) in [6, 6.07) is 0.438. The molecule has 2 saturated heterocycles. The van der Waals surface area contributed by atoms with Gasteiger partial charge in [-0.25, -0.2) is 0 Å². The molecule has 0 saturated carbocycles. The summed E-state index contributed by atoms with van der Waals surface area (Å²) in [5.74, 6) is 0.285. The Labute approximate surface area is 116 Å². The third-order valence-corrected chi connectivity index (χ3v) is 3.95. The van der Waals surface area contributed by atoms with Crippen molar-refractivity contribution in [1.82, 2.24) is 10.2 Å². The lowest BCUT2D eigenvalue weighted by molar-refractivity contribution is -0.133. The van der Waals surface area contributed by atoms with Crippen molar-refractivity contribution >= 4 is 18.3 Å². The van der Waals surface area contributed by atoms with Crippen molar-refractivity contribution in [3.8, 4) is 0 Å². The molecule has 0 aliphatic carbocycles. The maximum absolute atomic E-state index is 12.0. The zero-order valence-electron chi connectivity index (χ0n) is 11.2. The Morgan fingerprint density at radius 1 is 1.33 bits per heavy atom. The van der Waals surface area contributed by atoms with E-state index in [1.54, 1.807) is 0 Å². The van der Waals surface area contributed by atoms with Crippen LogP contribution in [0, 0.1) is 0 Å². The number of ether oxygens (including phenoxy) is 1. The quantitative estimate of drug-likeness (QED) is 0.848. The van der Waals surface area contributed by atoms with E-state index in [1.165, 1.54) is 0 Å². The summed E-state index contributed by atoms with van der Waals surface area (Å²) in [5, 5.41) is 3.33. The van der Waals surface area contributed by atoms with E-state index in [-0.39, 0.29) is 18.3 Å². The van der Waals surface area contributed by atoms with Crippen LogP contribution in [-0.4, -0.2) is 49.7 Å². The second kappa shape index (κ2) is 7.97. The van der Waals surface area contributed by atoms with E-state index in [0.717, 1.165) is 51.8 Å². The molecule has 0 aromatic carbocycles. The van der Waals surface area contributed by atoms with Crippen LogP contribution in [0.4, 0.5) is 0 Å². The van der Waals surface area contributed by atoms with Gasteiger partial charge in [0.05, 0.1) is 6.10 Å². The molecule has 2 aliphatic rings. The molecule has 1 amide bonds. The average Bonchev–Trinajstić information content (AvgIpc) is 2.89. The first kappa shape index (κ1) is 15.7. The van der Waals surface area contributed by atoms with Crippen molar-refractivity contribution in [1.29, 1.82) is 0 Å². The molecule has 1 unspecified atom stereocenters. The van der Waals surface area contributed by atoms with Crippen LogP contribution in [0.15, 0.2) is 0 Å². The van der Waals surface area contributed by atoms with Crippen molar-refractivity contribution in [3.05, 3.63) is 0 Å². The minimum Gasteiger partial charge on any atom is -0.378 e. The smallest absolute Gasteiger partial charge is 0.222 e. The van der Waals surface area contributed by atoms with Crippen LogP contribution in [0.3, 0.4) is 0 Å². The van der Waals surface area contributed by atoms with E-state index in [9.17, 15) is 4.79 Å². The van der Waals surface area contributed by atoms with E-state index in [1.807, 2.05) is 11.9 Å². The van der Waals surface area contributed by atoms with Gasteiger partial charge in [0.25, 0.3) is 0 Å². The lowest BCUT2D eigenvalue weighted by atomic mass is 10.0. The number of carbonyl (C=O) groups is 1. The summed E-state index contributed by atoms with van der Waals surface area (Å²) in [5.41, 5.74) is 0. The fraction of sp³-hybridized carbons (Fsp3) is 0.923. The average molecular weight is 277 g/mol. The van der Waals surface area contributed by atoms with Crippen LogP contribution in [0.2, 0.25) is 0 Å². The number of rotatable bonds is 4. The van der Waals surface area contributed by atoms with Gasteiger partial charge in [0.1, 0.15) is 0 Å². The molecule has 0 radical (unpaired) electrons. The lowest BCUT2D eigenvalue weighted by Gasteiger charge is -2.32. The van der Waals surface area contributed by atoms with Crippen LogP contribution in [-0.2, 0) is 9.53 Å². The maximum Gasteiger partial charge on any atom is 0.222 e. The Kier molecular flexibility index (Phi) is 6.97. The molecule has 0 spiro atoms. The van der Waals surface area contributed by atoms with Gasteiger partial charge in [-0.15, -0.1) is 12.4 Å². The Morgan fingerprint density at radius 2 is 2.06 bits per heavy atom. The highest BCUT2D eigenvalue weighted by Crippen LogP contribution is 2.18.